The van der Waals surface area contributed by atoms with Crippen molar-refractivity contribution in [1.29, 1.82) is 0 Å². The van der Waals surface area contributed by atoms with Crippen LogP contribution in [0.4, 0.5) is 5.82 Å². The number of amides is 3. The highest BCUT2D eigenvalue weighted by molar-refractivity contribution is 9.10. The average Bonchev–Trinajstić information content (AvgIpc) is 2.42. The summed E-state index contributed by atoms with van der Waals surface area (Å²) in [5.41, 5.74) is 0.302. The summed E-state index contributed by atoms with van der Waals surface area (Å²) in [6.45, 7) is 1.42. The molecule has 2 N–H and O–H groups in total. The first-order valence-electron chi connectivity index (χ1n) is 5.92. The van der Waals surface area contributed by atoms with E-state index in [4.69, 9.17) is 0 Å². The van der Waals surface area contributed by atoms with E-state index in [1.165, 1.54) is 4.90 Å². The molecule has 0 radical (unpaired) electrons. The van der Waals surface area contributed by atoms with E-state index in [1.54, 1.807) is 26.2 Å². The molecule has 1 fully saturated rings. The van der Waals surface area contributed by atoms with Gasteiger partial charge in [0.15, 0.2) is 0 Å². The van der Waals surface area contributed by atoms with Crippen molar-refractivity contribution in [2.75, 3.05) is 18.9 Å². The zero-order valence-electron chi connectivity index (χ0n) is 10.9. The first kappa shape index (κ1) is 14.4. The van der Waals surface area contributed by atoms with Crippen LogP contribution in [0.3, 0.4) is 0 Å². The van der Waals surface area contributed by atoms with Crippen LogP contribution in [0, 0.1) is 0 Å². The summed E-state index contributed by atoms with van der Waals surface area (Å²) in [6.07, 6.45) is 1.56. The number of hydrogen-bond donors (Lipinski definition) is 2. The van der Waals surface area contributed by atoms with Crippen molar-refractivity contribution in [2.24, 2.45) is 0 Å². The Morgan fingerprint density at radius 3 is 2.90 bits per heavy atom. The number of anilines is 1. The predicted molar refractivity (Wildman–Crippen MR) is 75.1 cm³/mol. The normalized spacial score (nSPS) is 18.8. The summed E-state index contributed by atoms with van der Waals surface area (Å²) in [5, 5.41) is 5.01. The lowest BCUT2D eigenvalue weighted by atomic mass is 10.1. The van der Waals surface area contributed by atoms with E-state index in [-0.39, 0.29) is 6.54 Å². The highest BCUT2D eigenvalue weighted by Crippen LogP contribution is 2.21. The largest absolute Gasteiger partial charge is 0.372 e. The van der Waals surface area contributed by atoms with E-state index in [0.717, 1.165) is 0 Å². The van der Waals surface area contributed by atoms with Crippen molar-refractivity contribution in [3.05, 3.63) is 22.3 Å². The van der Waals surface area contributed by atoms with Crippen LogP contribution in [0.25, 0.3) is 0 Å². The molecule has 3 amide bonds. The first-order chi connectivity index (χ1) is 9.43. The van der Waals surface area contributed by atoms with Gasteiger partial charge in [-0.05, 0) is 28.9 Å². The summed E-state index contributed by atoms with van der Waals surface area (Å²) < 4.78 is 0.639. The van der Waals surface area contributed by atoms with Gasteiger partial charge in [0.1, 0.15) is 18.4 Å². The molecule has 1 aromatic rings. The van der Waals surface area contributed by atoms with Crippen molar-refractivity contribution in [3.8, 4) is 0 Å². The minimum absolute atomic E-state index is 0.151. The molecule has 1 aromatic heterocycles. The molecule has 2 heterocycles. The third kappa shape index (κ3) is 2.64. The molecule has 8 heteroatoms. The van der Waals surface area contributed by atoms with E-state index in [1.807, 2.05) is 0 Å². The fraction of sp³-hybridized carbons (Fsp3) is 0.333. The molecule has 0 saturated carbocycles. The second-order valence-electron chi connectivity index (χ2n) is 4.32. The van der Waals surface area contributed by atoms with Gasteiger partial charge in [-0.25, -0.2) is 4.98 Å². The van der Waals surface area contributed by atoms with Crippen LogP contribution in [0.1, 0.15) is 17.3 Å². The molecule has 1 aliphatic rings. The van der Waals surface area contributed by atoms with Gasteiger partial charge in [-0.2, -0.15) is 0 Å². The second kappa shape index (κ2) is 5.58. The van der Waals surface area contributed by atoms with Crippen LogP contribution in [-0.2, 0) is 9.59 Å². The van der Waals surface area contributed by atoms with Gasteiger partial charge in [-0.1, -0.05) is 0 Å². The Kier molecular flexibility index (Phi) is 4.03. The topological polar surface area (TPSA) is 91.4 Å². The zero-order valence-corrected chi connectivity index (χ0v) is 12.5. The number of pyridine rings is 1. The van der Waals surface area contributed by atoms with E-state index >= 15 is 0 Å². The van der Waals surface area contributed by atoms with Gasteiger partial charge < -0.3 is 10.2 Å². The number of halogens is 1. The summed E-state index contributed by atoms with van der Waals surface area (Å²) in [4.78, 5) is 40.9. The number of imide groups is 1. The van der Waals surface area contributed by atoms with E-state index in [9.17, 15) is 14.4 Å². The van der Waals surface area contributed by atoms with Crippen LogP contribution < -0.4 is 10.6 Å². The molecule has 1 unspecified atom stereocenters. The molecule has 0 aromatic carbocycles. The molecular formula is C12H13BrN4O3. The number of piperazine rings is 1. The maximum atomic E-state index is 12.5. The summed E-state index contributed by atoms with van der Waals surface area (Å²) in [6, 6.07) is 0.897. The van der Waals surface area contributed by atoms with Gasteiger partial charge in [-0.3, -0.25) is 19.7 Å². The number of nitrogens with one attached hydrogen (secondary N) is 2. The maximum absolute atomic E-state index is 12.5. The van der Waals surface area contributed by atoms with Crippen LogP contribution in [0.2, 0.25) is 0 Å². The quantitative estimate of drug-likeness (QED) is 0.759. The molecule has 106 valence electrons. The van der Waals surface area contributed by atoms with Crippen LogP contribution in [-0.4, -0.2) is 47.2 Å². The Labute approximate surface area is 123 Å². The fourth-order valence-corrected chi connectivity index (χ4v) is 2.25. The lowest BCUT2D eigenvalue weighted by Crippen LogP contribution is -2.58. The number of carbonyl (C=O) groups excluding carboxylic acids is 3. The van der Waals surface area contributed by atoms with Gasteiger partial charge in [0.05, 0.1) is 5.56 Å². The van der Waals surface area contributed by atoms with Crippen molar-refractivity contribution in [2.45, 2.75) is 13.0 Å². The van der Waals surface area contributed by atoms with E-state index < -0.39 is 23.8 Å². The third-order valence-electron chi connectivity index (χ3n) is 3.01. The number of carbonyl (C=O) groups is 3. The maximum Gasteiger partial charge on any atom is 0.258 e. The van der Waals surface area contributed by atoms with Crippen molar-refractivity contribution < 1.29 is 14.4 Å². The molecule has 1 atom stereocenters. The van der Waals surface area contributed by atoms with Gasteiger partial charge in [0, 0.05) is 17.7 Å². The van der Waals surface area contributed by atoms with Gasteiger partial charge in [-0.15, -0.1) is 0 Å². The lowest BCUT2D eigenvalue weighted by Gasteiger charge is -2.32. The number of rotatable bonds is 2. The van der Waals surface area contributed by atoms with E-state index in [2.05, 4.69) is 31.5 Å². The molecule has 2 rings (SSSR count). The summed E-state index contributed by atoms with van der Waals surface area (Å²) >= 11 is 3.25. The fourth-order valence-electron chi connectivity index (χ4n) is 1.92. The van der Waals surface area contributed by atoms with Crippen LogP contribution >= 0.6 is 15.9 Å². The second-order valence-corrected chi connectivity index (χ2v) is 5.24. The van der Waals surface area contributed by atoms with Crippen molar-refractivity contribution in [3.63, 3.8) is 0 Å². The minimum atomic E-state index is -0.705. The third-order valence-corrected chi connectivity index (χ3v) is 3.44. The Hall–Kier alpha value is -1.96. The molecule has 0 spiro atoms. The van der Waals surface area contributed by atoms with Gasteiger partial charge in [0.2, 0.25) is 11.8 Å². The minimum Gasteiger partial charge on any atom is -0.372 e. The number of aromatic nitrogens is 1. The Morgan fingerprint density at radius 2 is 2.25 bits per heavy atom. The predicted octanol–water partition coefficient (Wildman–Crippen LogP) is 0.373. The highest BCUT2D eigenvalue weighted by Gasteiger charge is 2.34. The van der Waals surface area contributed by atoms with Crippen molar-refractivity contribution in [1.82, 2.24) is 15.2 Å². The molecular weight excluding hydrogens is 328 g/mol. The molecule has 1 aliphatic heterocycles. The molecule has 0 bridgehead atoms. The van der Waals surface area contributed by atoms with Gasteiger partial charge in [0.25, 0.3) is 5.91 Å². The Bertz CT molecular complexity index is 590. The highest BCUT2D eigenvalue weighted by atomic mass is 79.9. The monoisotopic (exact) mass is 340 g/mol. The van der Waals surface area contributed by atoms with E-state index in [0.29, 0.717) is 15.9 Å². The van der Waals surface area contributed by atoms with Gasteiger partial charge >= 0.3 is 0 Å². The van der Waals surface area contributed by atoms with Crippen molar-refractivity contribution >= 4 is 39.5 Å². The summed E-state index contributed by atoms with van der Waals surface area (Å²) in [7, 11) is 1.64. The number of nitrogens with zero attached hydrogens (tertiary/aromatic N) is 2. The SMILES string of the molecule is CNc1ncc(Br)cc1C(=O)N1CC(=O)NC(=O)C1C. The van der Waals surface area contributed by atoms with Crippen LogP contribution in [0.5, 0.6) is 0 Å². The lowest BCUT2D eigenvalue weighted by molar-refractivity contribution is -0.138. The van der Waals surface area contributed by atoms with Crippen LogP contribution in [0.15, 0.2) is 16.7 Å². The molecule has 1 saturated heterocycles. The Morgan fingerprint density at radius 1 is 1.55 bits per heavy atom. The zero-order chi connectivity index (χ0) is 14.9. The summed E-state index contributed by atoms with van der Waals surface area (Å²) in [5.74, 6) is -0.998. The standard InChI is InChI=1S/C12H13BrN4O3/c1-6-11(19)16-9(18)5-17(6)12(20)8-3-7(13)4-15-10(8)14-2/h3-4,6H,5H2,1-2H3,(H,14,15)(H,16,18,19). The first-order valence-corrected chi connectivity index (χ1v) is 6.71. The molecule has 7 nitrogen and oxygen atoms in total. The average molecular weight is 341 g/mol. The smallest absolute Gasteiger partial charge is 0.258 e. The molecule has 20 heavy (non-hydrogen) atoms. The Balaban J connectivity index is 2.37. The number of hydrogen-bond acceptors (Lipinski definition) is 5. The molecule has 0 aliphatic carbocycles.